The van der Waals surface area contributed by atoms with Gasteiger partial charge in [0.25, 0.3) is 0 Å². The summed E-state index contributed by atoms with van der Waals surface area (Å²) in [6.45, 7) is 1.84. The van der Waals surface area contributed by atoms with Gasteiger partial charge >= 0.3 is 35.7 Å². The maximum Gasteiger partial charge on any atom is 1.00 e. The molecule has 0 spiro atoms. The molecule has 0 aliphatic heterocycles. The Labute approximate surface area is 97.7 Å². The Hall–Kier alpha value is 0.710. The van der Waals surface area contributed by atoms with Crippen LogP contribution in [0, 0.1) is 5.92 Å². The van der Waals surface area contributed by atoms with Crippen molar-refractivity contribution >= 4 is 0 Å². The summed E-state index contributed by atoms with van der Waals surface area (Å²) >= 11 is 0. The summed E-state index contributed by atoms with van der Waals surface area (Å²) in [5.41, 5.74) is 0. The summed E-state index contributed by atoms with van der Waals surface area (Å²) in [7, 11) is 0. The maximum atomic E-state index is 11.5. The Morgan fingerprint density at radius 2 is 1.85 bits per heavy atom. The first-order valence-electron chi connectivity index (χ1n) is 3.71. The van der Waals surface area contributed by atoms with Crippen molar-refractivity contribution in [2.75, 3.05) is 6.61 Å². The minimum Gasteiger partial charge on any atom is -0.831 e. The van der Waals surface area contributed by atoms with Gasteiger partial charge in [-0.1, -0.05) is 20.3 Å². The first-order valence-corrected chi connectivity index (χ1v) is 3.71. The zero-order chi connectivity index (χ0) is 9.78. The number of halogens is 3. The van der Waals surface area contributed by atoms with Gasteiger partial charge in [0.1, 0.15) is 6.61 Å². The van der Waals surface area contributed by atoms with E-state index >= 15 is 0 Å². The molecule has 0 aromatic rings. The summed E-state index contributed by atoms with van der Waals surface area (Å²) in [5, 5.41) is 10.8. The van der Waals surface area contributed by atoms with Crippen LogP contribution >= 0.6 is 0 Å². The van der Waals surface area contributed by atoms with E-state index in [1.54, 1.807) is 13.8 Å². The summed E-state index contributed by atoms with van der Waals surface area (Å²) < 4.78 is 38.6. The zero-order valence-electron chi connectivity index (χ0n) is 8.02. The van der Waals surface area contributed by atoms with Crippen LogP contribution in [0.15, 0.2) is 0 Å². The van der Waals surface area contributed by atoms with Crippen LogP contribution in [0.1, 0.15) is 20.3 Å². The molecule has 0 saturated carbocycles. The van der Waals surface area contributed by atoms with Crippen LogP contribution in [0.5, 0.6) is 0 Å². The second-order valence-corrected chi connectivity index (χ2v) is 2.68. The molecular weight excluding hydrogens is 196 g/mol. The van der Waals surface area contributed by atoms with Crippen molar-refractivity contribution in [2.45, 2.75) is 32.7 Å². The van der Waals surface area contributed by atoms with Crippen molar-refractivity contribution in [3.8, 4) is 0 Å². The van der Waals surface area contributed by atoms with Gasteiger partial charge in [-0.3, -0.25) is 0 Å². The molecule has 0 radical (unpaired) electrons. The van der Waals surface area contributed by atoms with E-state index in [-0.39, 0.29) is 35.5 Å². The molecule has 13 heavy (non-hydrogen) atoms. The van der Waals surface area contributed by atoms with Crippen LogP contribution in [-0.4, -0.2) is 19.1 Å². The fraction of sp³-hybridized carbons (Fsp3) is 1.00. The van der Waals surface area contributed by atoms with Gasteiger partial charge in [0.15, 0.2) is 0 Å². The van der Waals surface area contributed by atoms with E-state index in [4.69, 9.17) is 0 Å². The molecule has 6 heteroatoms. The van der Waals surface area contributed by atoms with Gasteiger partial charge in [0, 0.05) is 0 Å². The Kier molecular flexibility index (Phi) is 8.77. The van der Waals surface area contributed by atoms with Crippen molar-refractivity contribution in [1.82, 2.24) is 0 Å². The molecule has 0 aromatic carbocycles. The van der Waals surface area contributed by atoms with E-state index in [0.717, 1.165) is 0 Å². The van der Waals surface area contributed by atoms with Crippen molar-refractivity contribution in [3.05, 3.63) is 0 Å². The minimum atomic E-state index is -4.41. The average molecular weight is 208 g/mol. The Morgan fingerprint density at radius 3 is 2.15 bits per heavy atom. The molecular formula is C7H12F3NaO2. The average Bonchev–Trinajstić information content (AvgIpc) is 1.97. The molecule has 0 aromatic heterocycles. The molecule has 0 bridgehead atoms. The van der Waals surface area contributed by atoms with Crippen LogP contribution < -0.4 is 34.7 Å². The van der Waals surface area contributed by atoms with Gasteiger partial charge in [0.05, 0.1) is 0 Å². The van der Waals surface area contributed by atoms with Gasteiger partial charge in [-0.25, -0.2) is 0 Å². The van der Waals surface area contributed by atoms with Crippen LogP contribution in [0.3, 0.4) is 0 Å². The number of ether oxygens (including phenoxy) is 1. The largest absolute Gasteiger partial charge is 1.00 e. The van der Waals surface area contributed by atoms with Crippen molar-refractivity contribution in [3.63, 3.8) is 0 Å². The zero-order valence-corrected chi connectivity index (χ0v) is 10.0. The molecule has 0 fully saturated rings. The summed E-state index contributed by atoms with van der Waals surface area (Å²) in [5.74, 6) is -0.382. The smallest absolute Gasteiger partial charge is 0.831 e. The molecule has 0 saturated heterocycles. The number of hydrogen-bond donors (Lipinski definition) is 0. The SMILES string of the molecule is CCC(C)C([O-])OCC(F)(F)F.[Na+]. The van der Waals surface area contributed by atoms with Crippen LogP contribution in [0.2, 0.25) is 0 Å². The molecule has 2 atom stereocenters. The van der Waals surface area contributed by atoms with Crippen molar-refractivity contribution < 1.29 is 52.6 Å². The quantitative estimate of drug-likeness (QED) is 0.407. The van der Waals surface area contributed by atoms with Crippen LogP contribution in [0.25, 0.3) is 0 Å². The van der Waals surface area contributed by atoms with Gasteiger partial charge in [-0.2, -0.15) is 13.2 Å². The number of alkyl halides is 3. The normalized spacial score (nSPS) is 16.2. The number of rotatable bonds is 4. The second-order valence-electron chi connectivity index (χ2n) is 2.68. The van der Waals surface area contributed by atoms with Crippen molar-refractivity contribution in [1.29, 1.82) is 0 Å². The van der Waals surface area contributed by atoms with Gasteiger partial charge < -0.3 is 9.84 Å². The van der Waals surface area contributed by atoms with Gasteiger partial charge in [0.2, 0.25) is 0 Å². The molecule has 0 N–H and O–H groups in total. The topological polar surface area (TPSA) is 32.3 Å². The van der Waals surface area contributed by atoms with E-state index < -0.39 is 19.1 Å². The third-order valence-electron chi connectivity index (χ3n) is 1.52. The Balaban J connectivity index is 0. The fourth-order valence-electron chi connectivity index (χ4n) is 0.533. The van der Waals surface area contributed by atoms with Gasteiger partial charge in [-0.05, 0) is 12.2 Å². The fourth-order valence-corrected chi connectivity index (χ4v) is 0.533. The van der Waals surface area contributed by atoms with E-state index in [1.807, 2.05) is 0 Å². The third-order valence-corrected chi connectivity index (χ3v) is 1.52. The molecule has 0 aliphatic carbocycles. The standard InChI is InChI=1S/C7H12F3O2.Na/c1-3-5(2)6(11)12-4-7(8,9)10;/h5-6H,3-4H2,1-2H3;/q-1;+1. The van der Waals surface area contributed by atoms with E-state index in [1.165, 1.54) is 0 Å². The minimum absolute atomic E-state index is 0. The third kappa shape index (κ3) is 9.02. The molecule has 2 nitrogen and oxygen atoms in total. The maximum absolute atomic E-state index is 11.5. The molecule has 74 valence electrons. The van der Waals surface area contributed by atoms with E-state index in [0.29, 0.717) is 6.42 Å². The first kappa shape index (κ1) is 16.2. The molecule has 0 amide bonds. The van der Waals surface area contributed by atoms with Crippen LogP contribution in [-0.2, 0) is 4.74 Å². The first-order chi connectivity index (χ1) is 5.37. The molecule has 2 unspecified atom stereocenters. The monoisotopic (exact) mass is 208 g/mol. The summed E-state index contributed by atoms with van der Waals surface area (Å²) in [6, 6.07) is 0. The molecule has 0 rings (SSSR count). The van der Waals surface area contributed by atoms with E-state index in [9.17, 15) is 18.3 Å². The predicted molar refractivity (Wildman–Crippen MR) is 35.2 cm³/mol. The predicted octanol–water partition coefficient (Wildman–Crippen LogP) is -1.70. The number of hydrogen-bond acceptors (Lipinski definition) is 2. The Bertz CT molecular complexity index is 129. The van der Waals surface area contributed by atoms with Gasteiger partial charge in [-0.15, -0.1) is 0 Å². The Morgan fingerprint density at radius 1 is 1.38 bits per heavy atom. The molecule has 0 aliphatic rings. The van der Waals surface area contributed by atoms with Crippen LogP contribution in [0.4, 0.5) is 13.2 Å². The summed E-state index contributed by atoms with van der Waals surface area (Å²) in [4.78, 5) is 0. The second kappa shape index (κ2) is 7.06. The molecule has 0 heterocycles. The van der Waals surface area contributed by atoms with E-state index in [2.05, 4.69) is 4.74 Å². The van der Waals surface area contributed by atoms with Crippen molar-refractivity contribution in [2.24, 2.45) is 5.92 Å². The summed E-state index contributed by atoms with van der Waals surface area (Å²) in [6.07, 6.45) is -5.46.